The second-order valence-electron chi connectivity index (χ2n) is 7.19. The molecule has 2 aromatic rings. The van der Waals surface area contributed by atoms with Crippen molar-refractivity contribution in [2.24, 2.45) is 5.92 Å². The highest BCUT2D eigenvalue weighted by Gasteiger charge is 2.24. The van der Waals surface area contributed by atoms with Crippen molar-refractivity contribution < 1.29 is 23.8 Å². The Morgan fingerprint density at radius 1 is 1.11 bits per heavy atom. The summed E-state index contributed by atoms with van der Waals surface area (Å²) in [6.45, 7) is 3.95. The maximum absolute atomic E-state index is 13.6. The number of halogens is 1. The van der Waals surface area contributed by atoms with Crippen LogP contribution in [0, 0.1) is 11.7 Å². The lowest BCUT2D eigenvalue weighted by Crippen LogP contribution is -2.21. The van der Waals surface area contributed by atoms with E-state index in [4.69, 9.17) is 14.6 Å². The van der Waals surface area contributed by atoms with Gasteiger partial charge in [-0.2, -0.15) is 0 Å². The van der Waals surface area contributed by atoms with Crippen LogP contribution in [0.15, 0.2) is 36.4 Å². The number of aromatic carboxylic acids is 1. The summed E-state index contributed by atoms with van der Waals surface area (Å²) in [4.78, 5) is 13.5. The topological polar surface area (TPSA) is 59.0 Å². The summed E-state index contributed by atoms with van der Waals surface area (Å²) in [6, 6.07) is 10.5. The van der Waals surface area contributed by atoms with Crippen LogP contribution < -0.4 is 9.47 Å². The lowest BCUT2D eigenvalue weighted by molar-refractivity contribution is 0.0691. The van der Waals surface area contributed by atoms with Crippen molar-refractivity contribution in [3.63, 3.8) is 0 Å². The van der Waals surface area contributed by atoms with Gasteiger partial charge in [0, 0.05) is 13.1 Å². The molecule has 0 spiro atoms. The first-order chi connectivity index (χ1) is 13.1. The fraction of sp³-hybridized carbons (Fsp3) is 0.381. The van der Waals surface area contributed by atoms with E-state index >= 15 is 0 Å². The van der Waals surface area contributed by atoms with Crippen LogP contribution in [0.1, 0.15) is 27.9 Å². The quantitative estimate of drug-likeness (QED) is 0.873. The maximum Gasteiger partial charge on any atom is 0.338 e. The molecule has 2 aliphatic rings. The Kier molecular flexibility index (Phi) is 4.99. The predicted molar refractivity (Wildman–Crippen MR) is 97.9 cm³/mol. The van der Waals surface area contributed by atoms with Crippen molar-refractivity contribution >= 4 is 5.97 Å². The number of fused-ring (bicyclic) bond motifs is 1. The van der Waals surface area contributed by atoms with Crippen LogP contribution in [0.2, 0.25) is 0 Å². The summed E-state index contributed by atoms with van der Waals surface area (Å²) in [5, 5.41) is 9.07. The molecule has 1 fully saturated rings. The van der Waals surface area contributed by atoms with Gasteiger partial charge in [0.15, 0.2) is 11.5 Å². The molecular formula is C21H22FNO4. The molecule has 0 radical (unpaired) electrons. The van der Waals surface area contributed by atoms with Gasteiger partial charge in [0.05, 0.1) is 5.56 Å². The first-order valence-electron chi connectivity index (χ1n) is 9.21. The van der Waals surface area contributed by atoms with E-state index in [1.54, 1.807) is 6.07 Å². The number of nitrogens with zero attached hydrogens (tertiary/aromatic N) is 1. The number of hydrogen-bond acceptors (Lipinski definition) is 4. The molecule has 27 heavy (non-hydrogen) atoms. The fourth-order valence-corrected chi connectivity index (χ4v) is 3.86. The van der Waals surface area contributed by atoms with Crippen molar-refractivity contribution in [3.8, 4) is 11.5 Å². The lowest BCUT2D eigenvalue weighted by atomic mass is 9.97. The monoisotopic (exact) mass is 371 g/mol. The molecule has 1 atom stereocenters. The normalized spacial score (nSPS) is 19.2. The molecule has 2 aliphatic heterocycles. The summed E-state index contributed by atoms with van der Waals surface area (Å²) in [6.07, 6.45) is 1.81. The number of rotatable bonds is 5. The summed E-state index contributed by atoms with van der Waals surface area (Å²) in [5.41, 5.74) is 1.81. The van der Waals surface area contributed by atoms with Gasteiger partial charge in [0.25, 0.3) is 0 Å². The minimum atomic E-state index is -1.22. The van der Waals surface area contributed by atoms with Gasteiger partial charge in [0.2, 0.25) is 0 Å². The van der Waals surface area contributed by atoms with E-state index < -0.39 is 11.8 Å². The molecule has 2 heterocycles. The highest BCUT2D eigenvalue weighted by Crippen LogP contribution is 2.32. The van der Waals surface area contributed by atoms with Gasteiger partial charge in [0.1, 0.15) is 19.0 Å². The van der Waals surface area contributed by atoms with E-state index in [-0.39, 0.29) is 5.56 Å². The van der Waals surface area contributed by atoms with E-state index in [0.29, 0.717) is 19.1 Å². The zero-order valence-corrected chi connectivity index (χ0v) is 15.0. The summed E-state index contributed by atoms with van der Waals surface area (Å²) in [7, 11) is 0. The third-order valence-electron chi connectivity index (χ3n) is 5.17. The smallest absolute Gasteiger partial charge is 0.338 e. The number of carbonyl (C=O) groups is 1. The largest absolute Gasteiger partial charge is 0.486 e. The molecule has 0 amide bonds. The van der Waals surface area contributed by atoms with Gasteiger partial charge in [-0.3, -0.25) is 4.90 Å². The van der Waals surface area contributed by atoms with Crippen LogP contribution in [0.4, 0.5) is 4.39 Å². The van der Waals surface area contributed by atoms with Gasteiger partial charge >= 0.3 is 5.97 Å². The van der Waals surface area contributed by atoms with Gasteiger partial charge < -0.3 is 14.6 Å². The Balaban J connectivity index is 1.36. The summed E-state index contributed by atoms with van der Waals surface area (Å²) in [5.74, 6) is 0.144. The van der Waals surface area contributed by atoms with Crippen LogP contribution in [0.3, 0.4) is 0 Å². The average Bonchev–Trinajstić information content (AvgIpc) is 3.10. The number of benzene rings is 2. The molecule has 0 aliphatic carbocycles. The van der Waals surface area contributed by atoms with Crippen LogP contribution in [-0.4, -0.2) is 42.3 Å². The Morgan fingerprint density at radius 2 is 1.89 bits per heavy atom. The Labute approximate surface area is 157 Å². The van der Waals surface area contributed by atoms with Gasteiger partial charge in [-0.15, -0.1) is 0 Å². The maximum atomic E-state index is 13.6. The molecular weight excluding hydrogens is 349 g/mol. The molecule has 1 N–H and O–H groups in total. The van der Waals surface area contributed by atoms with Gasteiger partial charge in [-0.05, 0) is 60.7 Å². The Hall–Kier alpha value is -2.60. The van der Waals surface area contributed by atoms with E-state index in [1.807, 2.05) is 12.1 Å². The van der Waals surface area contributed by atoms with Crippen molar-refractivity contribution in [1.82, 2.24) is 4.90 Å². The summed E-state index contributed by atoms with van der Waals surface area (Å²) >= 11 is 0. The average molecular weight is 371 g/mol. The second-order valence-corrected chi connectivity index (χ2v) is 7.19. The van der Waals surface area contributed by atoms with E-state index in [1.165, 1.54) is 17.7 Å². The van der Waals surface area contributed by atoms with Crippen molar-refractivity contribution in [1.29, 1.82) is 0 Å². The van der Waals surface area contributed by atoms with E-state index in [2.05, 4.69) is 11.0 Å². The Morgan fingerprint density at radius 3 is 2.70 bits per heavy atom. The molecule has 142 valence electrons. The van der Waals surface area contributed by atoms with Crippen LogP contribution in [0.25, 0.3) is 0 Å². The minimum absolute atomic E-state index is 0.251. The number of carboxylic acids is 1. The summed E-state index contributed by atoms with van der Waals surface area (Å²) < 4.78 is 24.8. The zero-order chi connectivity index (χ0) is 18.8. The SMILES string of the molecule is O=C(O)c1cc(CC2CCN(Cc3ccc4c(c3)OCCO4)C2)ccc1F. The van der Waals surface area contributed by atoms with Crippen LogP contribution >= 0.6 is 0 Å². The highest BCUT2D eigenvalue weighted by molar-refractivity contribution is 5.88. The van der Waals surface area contributed by atoms with Crippen LogP contribution in [0.5, 0.6) is 11.5 Å². The molecule has 5 nitrogen and oxygen atoms in total. The first kappa shape index (κ1) is 17.8. The van der Waals surface area contributed by atoms with Gasteiger partial charge in [-0.1, -0.05) is 12.1 Å². The van der Waals surface area contributed by atoms with Crippen molar-refractivity contribution in [3.05, 3.63) is 58.9 Å². The highest BCUT2D eigenvalue weighted by atomic mass is 19.1. The molecule has 0 saturated carbocycles. The van der Waals surface area contributed by atoms with Crippen LogP contribution in [-0.2, 0) is 13.0 Å². The number of ether oxygens (including phenoxy) is 2. The molecule has 2 aromatic carbocycles. The molecule has 1 unspecified atom stereocenters. The first-order valence-corrected chi connectivity index (χ1v) is 9.21. The molecule has 6 heteroatoms. The minimum Gasteiger partial charge on any atom is -0.486 e. The molecule has 1 saturated heterocycles. The molecule has 0 bridgehead atoms. The van der Waals surface area contributed by atoms with E-state index in [0.717, 1.165) is 49.5 Å². The second kappa shape index (κ2) is 7.56. The lowest BCUT2D eigenvalue weighted by Gasteiger charge is -2.21. The number of hydrogen-bond donors (Lipinski definition) is 1. The third kappa shape index (κ3) is 4.06. The predicted octanol–water partition coefficient (Wildman–Crippen LogP) is 3.36. The van der Waals surface area contributed by atoms with E-state index in [9.17, 15) is 9.18 Å². The number of carboxylic acid groups (broad SMARTS) is 1. The third-order valence-corrected chi connectivity index (χ3v) is 5.17. The van der Waals surface area contributed by atoms with Crippen molar-refractivity contribution in [2.45, 2.75) is 19.4 Å². The number of likely N-dealkylation sites (tertiary alicyclic amines) is 1. The van der Waals surface area contributed by atoms with Gasteiger partial charge in [-0.25, -0.2) is 9.18 Å². The molecule has 4 rings (SSSR count). The van der Waals surface area contributed by atoms with Crippen molar-refractivity contribution in [2.75, 3.05) is 26.3 Å². The Bertz CT molecular complexity index is 854. The fourth-order valence-electron chi connectivity index (χ4n) is 3.86. The standard InChI is InChI=1S/C21H22FNO4/c22-18-3-1-14(10-17(18)21(24)25)9-16-5-6-23(13-16)12-15-2-4-19-20(11-15)27-8-7-26-19/h1-4,10-11,16H,5-9,12-13H2,(H,24,25). The zero-order valence-electron chi connectivity index (χ0n) is 15.0. The molecule has 0 aromatic heterocycles.